The van der Waals surface area contributed by atoms with E-state index in [1.165, 1.54) is 0 Å². The van der Waals surface area contributed by atoms with E-state index >= 15 is 0 Å². The Kier molecular flexibility index (Phi) is 3.76. The van der Waals surface area contributed by atoms with Crippen LogP contribution in [0.1, 0.15) is 49.5 Å². The number of rotatable bonds is 4. The summed E-state index contributed by atoms with van der Waals surface area (Å²) in [6, 6.07) is 2.91. The minimum absolute atomic E-state index is 0.204. The highest BCUT2D eigenvalue weighted by Crippen LogP contribution is 2.37. The van der Waals surface area contributed by atoms with Crippen LogP contribution < -0.4 is 5.32 Å². The standard InChI is InChI=1S/C16H21N3O3/c1-2-11-5-7-16(8-6-11)14(21)19(15(22)18-16)10-13(20)12-4-3-9-17-12/h3-4,9,11,17H,2,5-8,10H2,1H3,(H,18,22). The third-order valence-electron chi connectivity index (χ3n) is 4.98. The van der Waals surface area contributed by atoms with E-state index in [0.29, 0.717) is 24.5 Å². The van der Waals surface area contributed by atoms with Crippen LogP contribution in [-0.4, -0.2) is 39.7 Å². The summed E-state index contributed by atoms with van der Waals surface area (Å²) in [7, 11) is 0. The average Bonchev–Trinajstić information content (AvgIpc) is 3.12. The van der Waals surface area contributed by atoms with E-state index in [1.54, 1.807) is 18.3 Å². The molecule has 1 spiro atoms. The van der Waals surface area contributed by atoms with Crippen LogP contribution in [0.15, 0.2) is 18.3 Å². The molecule has 0 atom stereocenters. The number of urea groups is 1. The number of Topliss-reactive ketones (excluding diaryl/α,β-unsaturated/α-hetero) is 1. The van der Waals surface area contributed by atoms with E-state index in [4.69, 9.17) is 0 Å². The number of hydrogen-bond donors (Lipinski definition) is 2. The molecule has 2 heterocycles. The van der Waals surface area contributed by atoms with Crippen LogP contribution in [0.3, 0.4) is 0 Å². The van der Waals surface area contributed by atoms with Gasteiger partial charge in [-0.2, -0.15) is 0 Å². The van der Waals surface area contributed by atoms with Crippen molar-refractivity contribution in [2.45, 2.75) is 44.6 Å². The van der Waals surface area contributed by atoms with E-state index in [2.05, 4.69) is 17.2 Å². The zero-order valence-electron chi connectivity index (χ0n) is 12.7. The van der Waals surface area contributed by atoms with Gasteiger partial charge in [-0.1, -0.05) is 13.3 Å². The summed E-state index contributed by atoms with van der Waals surface area (Å²) in [6.07, 6.45) is 5.98. The maximum atomic E-state index is 12.7. The van der Waals surface area contributed by atoms with Gasteiger partial charge in [-0.25, -0.2) is 4.79 Å². The molecule has 1 aliphatic heterocycles. The van der Waals surface area contributed by atoms with Crippen molar-refractivity contribution < 1.29 is 14.4 Å². The number of H-pyrrole nitrogens is 1. The molecule has 2 fully saturated rings. The lowest BCUT2D eigenvalue weighted by Gasteiger charge is -2.34. The number of ketones is 1. The van der Waals surface area contributed by atoms with E-state index in [9.17, 15) is 14.4 Å². The van der Waals surface area contributed by atoms with E-state index in [1.807, 2.05) is 0 Å². The molecule has 3 amide bonds. The van der Waals surface area contributed by atoms with Gasteiger partial charge in [-0.3, -0.25) is 14.5 Å². The lowest BCUT2D eigenvalue weighted by atomic mass is 9.75. The van der Waals surface area contributed by atoms with Crippen LogP contribution in [0.5, 0.6) is 0 Å². The maximum Gasteiger partial charge on any atom is 0.325 e. The van der Waals surface area contributed by atoms with Gasteiger partial charge in [0.1, 0.15) is 5.54 Å². The molecule has 2 N–H and O–H groups in total. The molecule has 6 heteroatoms. The molecular formula is C16H21N3O3. The maximum absolute atomic E-state index is 12.7. The first-order chi connectivity index (χ1) is 10.6. The van der Waals surface area contributed by atoms with Crippen molar-refractivity contribution in [1.29, 1.82) is 0 Å². The fourth-order valence-corrected chi connectivity index (χ4v) is 3.47. The predicted molar refractivity (Wildman–Crippen MR) is 80.3 cm³/mol. The molecule has 22 heavy (non-hydrogen) atoms. The first kappa shape index (κ1) is 14.8. The van der Waals surface area contributed by atoms with Crippen molar-refractivity contribution in [3.63, 3.8) is 0 Å². The average molecular weight is 303 g/mol. The summed E-state index contributed by atoms with van der Waals surface area (Å²) in [5, 5.41) is 2.84. The topological polar surface area (TPSA) is 82.3 Å². The zero-order chi connectivity index (χ0) is 15.7. The third-order valence-corrected chi connectivity index (χ3v) is 4.98. The fourth-order valence-electron chi connectivity index (χ4n) is 3.47. The van der Waals surface area contributed by atoms with Crippen LogP contribution in [0.4, 0.5) is 4.79 Å². The lowest BCUT2D eigenvalue weighted by Crippen LogP contribution is -2.49. The summed E-state index contributed by atoms with van der Waals surface area (Å²) < 4.78 is 0. The van der Waals surface area contributed by atoms with Crippen molar-refractivity contribution in [3.8, 4) is 0 Å². The van der Waals surface area contributed by atoms with Gasteiger partial charge in [0.15, 0.2) is 5.78 Å². The summed E-state index contributed by atoms with van der Waals surface area (Å²) in [5.74, 6) is 0.129. The molecule has 1 aromatic heterocycles. The Labute approximate surface area is 129 Å². The van der Waals surface area contributed by atoms with Gasteiger partial charge in [0, 0.05) is 6.20 Å². The van der Waals surface area contributed by atoms with Crippen LogP contribution >= 0.6 is 0 Å². The number of nitrogens with zero attached hydrogens (tertiary/aromatic N) is 1. The van der Waals surface area contributed by atoms with Gasteiger partial charge in [0.2, 0.25) is 0 Å². The summed E-state index contributed by atoms with van der Waals surface area (Å²) >= 11 is 0. The van der Waals surface area contributed by atoms with Crippen molar-refractivity contribution in [2.24, 2.45) is 5.92 Å². The van der Waals surface area contributed by atoms with Crippen molar-refractivity contribution in [3.05, 3.63) is 24.0 Å². The van der Waals surface area contributed by atoms with E-state index in [0.717, 1.165) is 24.2 Å². The second-order valence-corrected chi connectivity index (χ2v) is 6.26. The molecule has 2 aliphatic rings. The van der Waals surface area contributed by atoms with Crippen molar-refractivity contribution in [2.75, 3.05) is 6.54 Å². The smallest absolute Gasteiger partial charge is 0.325 e. The molecule has 0 unspecified atom stereocenters. The van der Waals surface area contributed by atoms with Crippen LogP contribution in [0.25, 0.3) is 0 Å². The van der Waals surface area contributed by atoms with Crippen LogP contribution in [0, 0.1) is 5.92 Å². The summed E-state index contributed by atoms with van der Waals surface area (Å²) in [4.78, 5) is 40.8. The molecule has 1 aromatic rings. The predicted octanol–water partition coefficient (Wildman–Crippen LogP) is 2.09. The van der Waals surface area contributed by atoms with Gasteiger partial charge < -0.3 is 10.3 Å². The first-order valence-electron chi connectivity index (χ1n) is 7.86. The first-order valence-corrected chi connectivity index (χ1v) is 7.86. The molecule has 3 rings (SSSR count). The molecule has 1 aliphatic carbocycles. The highest BCUT2D eigenvalue weighted by molar-refractivity contribution is 6.10. The lowest BCUT2D eigenvalue weighted by molar-refractivity contribution is -0.132. The molecule has 0 bridgehead atoms. The normalized spacial score (nSPS) is 28.2. The number of imide groups is 1. The number of carbonyl (C=O) groups is 3. The van der Waals surface area contributed by atoms with Gasteiger partial charge in [0.05, 0.1) is 12.2 Å². The van der Waals surface area contributed by atoms with Crippen molar-refractivity contribution >= 4 is 17.7 Å². The van der Waals surface area contributed by atoms with E-state index in [-0.39, 0.29) is 18.2 Å². The Bertz CT molecular complexity index is 586. The molecular weight excluding hydrogens is 282 g/mol. The minimum atomic E-state index is -0.779. The zero-order valence-corrected chi connectivity index (χ0v) is 12.7. The number of nitrogens with one attached hydrogen (secondary N) is 2. The van der Waals surface area contributed by atoms with Crippen molar-refractivity contribution in [1.82, 2.24) is 15.2 Å². The van der Waals surface area contributed by atoms with Gasteiger partial charge in [0.25, 0.3) is 5.91 Å². The van der Waals surface area contributed by atoms with Crippen LogP contribution in [-0.2, 0) is 4.79 Å². The van der Waals surface area contributed by atoms with Gasteiger partial charge >= 0.3 is 6.03 Å². The molecule has 1 saturated heterocycles. The molecule has 118 valence electrons. The Balaban J connectivity index is 1.71. The second-order valence-electron chi connectivity index (χ2n) is 6.26. The van der Waals surface area contributed by atoms with E-state index < -0.39 is 11.6 Å². The molecule has 1 saturated carbocycles. The van der Waals surface area contributed by atoms with Gasteiger partial charge in [-0.05, 0) is 43.7 Å². The monoisotopic (exact) mass is 303 g/mol. The Hall–Kier alpha value is -2.11. The summed E-state index contributed by atoms with van der Waals surface area (Å²) in [5.41, 5.74) is -0.366. The largest absolute Gasteiger partial charge is 0.359 e. The highest BCUT2D eigenvalue weighted by atomic mass is 16.2. The second kappa shape index (κ2) is 5.59. The SMILES string of the molecule is CCC1CCC2(CC1)NC(=O)N(CC(=O)c1ccc[nH]1)C2=O. The number of carbonyl (C=O) groups excluding carboxylic acids is 3. The molecule has 0 radical (unpaired) electrons. The number of hydrogen-bond acceptors (Lipinski definition) is 3. The Morgan fingerprint density at radius 1 is 1.36 bits per heavy atom. The van der Waals surface area contributed by atoms with Crippen LogP contribution in [0.2, 0.25) is 0 Å². The summed E-state index contributed by atoms with van der Waals surface area (Å²) in [6.45, 7) is 1.95. The number of amides is 3. The Morgan fingerprint density at radius 3 is 2.68 bits per heavy atom. The van der Waals surface area contributed by atoms with Gasteiger partial charge in [-0.15, -0.1) is 0 Å². The fraction of sp³-hybridized carbons (Fsp3) is 0.562. The molecule has 6 nitrogen and oxygen atoms in total. The quantitative estimate of drug-likeness (QED) is 0.660. The molecule has 0 aromatic carbocycles. The Morgan fingerprint density at radius 2 is 2.09 bits per heavy atom. The minimum Gasteiger partial charge on any atom is -0.359 e. The number of aromatic nitrogens is 1. The highest BCUT2D eigenvalue weighted by Gasteiger charge is 2.52. The number of aromatic amines is 1. The third kappa shape index (κ3) is 2.42.